The van der Waals surface area contributed by atoms with Gasteiger partial charge in [0.25, 0.3) is 0 Å². The summed E-state index contributed by atoms with van der Waals surface area (Å²) in [7, 11) is 0. The number of benzene rings is 1. The molecular weight excluding hydrogens is 364 g/mol. The number of fused-ring (bicyclic) bond motifs is 2. The molecule has 13 atom stereocenters. The summed E-state index contributed by atoms with van der Waals surface area (Å²) in [6.45, 7) is 0.653. The van der Waals surface area contributed by atoms with Crippen LogP contribution in [0.1, 0.15) is 5.56 Å². The predicted octanol–water partition coefficient (Wildman–Crippen LogP) is 2.73. The third-order valence-electron chi connectivity index (χ3n) is 10.1. The predicted molar refractivity (Wildman–Crippen MR) is 102 cm³/mol. The zero-order chi connectivity index (χ0) is 19.0. The molecule has 6 saturated carbocycles. The lowest BCUT2D eigenvalue weighted by Gasteiger charge is -2.28. The third kappa shape index (κ3) is 1.59. The van der Waals surface area contributed by atoms with Crippen molar-refractivity contribution in [2.24, 2.45) is 71.0 Å². The lowest BCUT2D eigenvalue weighted by Crippen LogP contribution is -2.39. The molecule has 7 aliphatic carbocycles. The number of carbonyl (C=O) groups excluding carboxylic acids is 2. The van der Waals surface area contributed by atoms with Gasteiger partial charge in [0, 0.05) is 23.7 Å². The first-order valence-corrected chi connectivity index (χ1v) is 11.3. The summed E-state index contributed by atoms with van der Waals surface area (Å²) in [5.41, 5.74) is 1.11. The molecule has 29 heavy (non-hydrogen) atoms. The highest BCUT2D eigenvalue weighted by atomic mass is 16.7. The molecule has 148 valence electrons. The highest BCUT2D eigenvalue weighted by Gasteiger charge is 2.85. The number of ketones is 2. The summed E-state index contributed by atoms with van der Waals surface area (Å²) in [5, 5.41) is 0. The van der Waals surface area contributed by atoms with E-state index in [2.05, 4.69) is 12.2 Å². The zero-order valence-electron chi connectivity index (χ0n) is 16.1. The molecule has 0 radical (unpaired) electrons. The molecule has 0 aliphatic heterocycles. The number of allylic oxidation sites excluding steroid dienone is 2. The van der Waals surface area contributed by atoms with Crippen molar-refractivity contribution in [2.45, 2.75) is 12.7 Å². The minimum absolute atomic E-state index is 0.0655. The lowest BCUT2D eigenvalue weighted by atomic mass is 9.78. The Kier molecular flexibility index (Phi) is 2.81. The monoisotopic (exact) mass is 388 g/mol. The summed E-state index contributed by atoms with van der Waals surface area (Å²) in [4.78, 5) is 27.1. The van der Waals surface area contributed by atoms with Crippen molar-refractivity contribution in [2.75, 3.05) is 6.79 Å². The van der Waals surface area contributed by atoms with Gasteiger partial charge in [-0.1, -0.05) is 42.5 Å². The van der Waals surface area contributed by atoms with Crippen LogP contribution in [0.3, 0.4) is 0 Å². The highest BCUT2D eigenvalue weighted by Crippen LogP contribution is 2.82. The maximum Gasteiger partial charge on any atom is 0.147 e. The Morgan fingerprint density at radius 3 is 1.90 bits per heavy atom. The van der Waals surface area contributed by atoms with Crippen molar-refractivity contribution < 1.29 is 19.1 Å². The van der Waals surface area contributed by atoms with Gasteiger partial charge in [0.05, 0.1) is 12.7 Å². The zero-order valence-corrected chi connectivity index (χ0v) is 16.1. The van der Waals surface area contributed by atoms with Crippen LogP contribution < -0.4 is 0 Å². The van der Waals surface area contributed by atoms with E-state index in [1.165, 1.54) is 0 Å². The van der Waals surface area contributed by atoms with E-state index >= 15 is 0 Å². The number of rotatable bonds is 5. The standard InChI is InChI=1S/C25H24O4/c26-23-14-11-6-7-12-13(11)16-17(14)19-20-18(16)15(12)24(27)22(20)25(21(19)23)29-9-28-8-10-4-2-1-3-5-10/h1-7,11-22,25H,8-9H2/t11-,12-,13?,14-,15+,16?,17-,18-,19-,20-,21+,22+,25?/m0/s1. The van der Waals surface area contributed by atoms with Crippen LogP contribution in [0, 0.1) is 71.0 Å². The van der Waals surface area contributed by atoms with Gasteiger partial charge in [0.2, 0.25) is 0 Å². The normalized spacial score (nSPS) is 55.8. The summed E-state index contributed by atoms with van der Waals surface area (Å²) in [5.74, 6) is 5.01. The van der Waals surface area contributed by atoms with Crippen LogP contribution in [0.15, 0.2) is 42.5 Å². The van der Waals surface area contributed by atoms with Gasteiger partial charge in [-0.05, 0) is 52.9 Å². The molecule has 0 heterocycles. The van der Waals surface area contributed by atoms with Crippen LogP contribution in [-0.4, -0.2) is 24.5 Å². The fourth-order valence-electron chi connectivity index (χ4n) is 9.86. The Labute approximate surface area is 169 Å². The molecule has 0 saturated heterocycles. The van der Waals surface area contributed by atoms with Crippen LogP contribution in [-0.2, 0) is 25.7 Å². The average molecular weight is 388 g/mol. The lowest BCUT2D eigenvalue weighted by molar-refractivity contribution is -0.149. The Morgan fingerprint density at radius 1 is 0.690 bits per heavy atom. The van der Waals surface area contributed by atoms with E-state index in [9.17, 15) is 9.59 Å². The minimum atomic E-state index is -0.254. The maximum atomic E-state index is 13.6. The Morgan fingerprint density at radius 2 is 1.28 bits per heavy atom. The quantitative estimate of drug-likeness (QED) is 0.442. The SMILES string of the molecule is O=C1[C@@H]2[C@H]3C4C5[C@@H]2C=C[C@@H]5[C@H]2C(=O)[C@@H]5C(OCOCc6ccccc6)[C@@H]1[C@@H]3[C@@H]5[C@H]42. The summed E-state index contributed by atoms with van der Waals surface area (Å²) >= 11 is 0. The fourth-order valence-corrected chi connectivity index (χ4v) is 9.86. The Balaban J connectivity index is 1.11. The van der Waals surface area contributed by atoms with Crippen LogP contribution in [0.5, 0.6) is 0 Å². The summed E-state index contributed by atoms with van der Waals surface area (Å²) < 4.78 is 12.0. The van der Waals surface area contributed by atoms with Gasteiger partial charge in [-0.15, -0.1) is 0 Å². The molecule has 6 fully saturated rings. The topological polar surface area (TPSA) is 52.6 Å². The Hall–Kier alpha value is -1.78. The molecule has 7 aliphatic rings. The molecule has 1 aromatic carbocycles. The van der Waals surface area contributed by atoms with Gasteiger partial charge >= 0.3 is 0 Å². The van der Waals surface area contributed by atoms with Gasteiger partial charge in [-0.25, -0.2) is 0 Å². The molecule has 0 N–H and O–H groups in total. The Bertz CT molecular complexity index is 916. The van der Waals surface area contributed by atoms with E-state index < -0.39 is 0 Å². The van der Waals surface area contributed by atoms with E-state index in [1.54, 1.807) is 0 Å². The van der Waals surface area contributed by atoms with Crippen molar-refractivity contribution >= 4 is 11.6 Å². The molecule has 3 unspecified atom stereocenters. The molecule has 1 aromatic rings. The van der Waals surface area contributed by atoms with Crippen molar-refractivity contribution in [3.63, 3.8) is 0 Å². The molecular formula is C25H24O4. The minimum Gasteiger partial charge on any atom is -0.351 e. The number of carbonyl (C=O) groups is 2. The smallest absolute Gasteiger partial charge is 0.147 e. The van der Waals surface area contributed by atoms with E-state index in [1.807, 2.05) is 30.3 Å². The van der Waals surface area contributed by atoms with Gasteiger partial charge in [0.15, 0.2) is 0 Å². The van der Waals surface area contributed by atoms with E-state index in [0.29, 0.717) is 65.5 Å². The van der Waals surface area contributed by atoms with E-state index in [0.717, 1.165) is 5.56 Å². The number of Topliss-reactive ketones (excluding diaryl/α,β-unsaturated/α-hetero) is 2. The van der Waals surface area contributed by atoms with Crippen molar-refractivity contribution in [1.82, 2.24) is 0 Å². The average Bonchev–Trinajstić information content (AvgIpc) is 3.51. The fraction of sp³-hybridized carbons (Fsp3) is 0.600. The third-order valence-corrected chi connectivity index (χ3v) is 10.1. The maximum absolute atomic E-state index is 13.6. The number of hydrogen-bond acceptors (Lipinski definition) is 4. The van der Waals surface area contributed by atoms with E-state index in [-0.39, 0.29) is 36.6 Å². The summed E-state index contributed by atoms with van der Waals surface area (Å²) in [6.07, 6.45) is 4.37. The van der Waals surface area contributed by atoms with Crippen LogP contribution in [0.2, 0.25) is 0 Å². The van der Waals surface area contributed by atoms with Crippen molar-refractivity contribution in [1.29, 1.82) is 0 Å². The number of ether oxygens (including phenoxy) is 2. The first-order valence-electron chi connectivity index (χ1n) is 11.3. The van der Waals surface area contributed by atoms with Crippen LogP contribution in [0.4, 0.5) is 0 Å². The van der Waals surface area contributed by atoms with Gasteiger partial charge in [0.1, 0.15) is 18.4 Å². The van der Waals surface area contributed by atoms with Gasteiger partial charge < -0.3 is 9.47 Å². The summed E-state index contributed by atoms with van der Waals surface area (Å²) in [6, 6.07) is 10.0. The first-order chi connectivity index (χ1) is 14.3. The molecule has 4 nitrogen and oxygen atoms in total. The molecule has 4 heteroatoms. The second kappa shape index (κ2) is 5.09. The van der Waals surface area contributed by atoms with Crippen molar-refractivity contribution in [3.8, 4) is 0 Å². The van der Waals surface area contributed by atoms with Gasteiger partial charge in [-0.2, -0.15) is 0 Å². The number of hydrogen-bond donors (Lipinski definition) is 0. The molecule has 0 amide bonds. The molecule has 8 rings (SSSR count). The highest BCUT2D eigenvalue weighted by molar-refractivity contribution is 5.96. The first kappa shape index (κ1) is 16.0. The molecule has 0 aromatic heterocycles. The van der Waals surface area contributed by atoms with E-state index in [4.69, 9.17) is 9.47 Å². The van der Waals surface area contributed by atoms with Gasteiger partial charge in [-0.3, -0.25) is 9.59 Å². The largest absolute Gasteiger partial charge is 0.351 e. The van der Waals surface area contributed by atoms with Crippen LogP contribution >= 0.6 is 0 Å². The second-order valence-electron chi connectivity index (χ2n) is 10.5. The molecule has 0 spiro atoms. The molecule has 0 bridgehead atoms. The second-order valence-corrected chi connectivity index (χ2v) is 10.5. The van der Waals surface area contributed by atoms with Crippen molar-refractivity contribution in [3.05, 3.63) is 48.0 Å². The van der Waals surface area contributed by atoms with Crippen LogP contribution in [0.25, 0.3) is 0 Å².